The van der Waals surface area contributed by atoms with Crippen LogP contribution in [0.4, 0.5) is 5.13 Å². The summed E-state index contributed by atoms with van der Waals surface area (Å²) in [5.41, 5.74) is 0. The average Bonchev–Trinajstić information content (AvgIpc) is 3.16. The minimum Gasteiger partial charge on any atom is -0.343 e. The zero-order valence-electron chi connectivity index (χ0n) is 12.5. The number of amides is 2. The van der Waals surface area contributed by atoms with E-state index in [-0.39, 0.29) is 17.9 Å². The van der Waals surface area contributed by atoms with Crippen LogP contribution in [-0.2, 0) is 9.59 Å². The molecule has 0 saturated heterocycles. The normalized spacial score (nSPS) is 14.0. The van der Waals surface area contributed by atoms with Crippen LogP contribution in [-0.4, -0.2) is 51.8 Å². The van der Waals surface area contributed by atoms with Crippen molar-refractivity contribution in [2.24, 2.45) is 0 Å². The number of carbonyl (C=O) groups excluding carboxylic acids is 2. The van der Waals surface area contributed by atoms with Crippen LogP contribution in [0.5, 0.6) is 0 Å². The number of hydrogen-bond acceptors (Lipinski definition) is 6. The maximum Gasteiger partial charge on any atom is 0.233 e. The van der Waals surface area contributed by atoms with Crippen molar-refractivity contribution in [3.8, 4) is 0 Å². The largest absolute Gasteiger partial charge is 0.343 e. The van der Waals surface area contributed by atoms with Crippen LogP contribution in [0.15, 0.2) is 4.34 Å². The molecular formula is C13H20N4O2S2. The summed E-state index contributed by atoms with van der Waals surface area (Å²) < 4.78 is 0.734. The molecule has 1 fully saturated rings. The van der Waals surface area contributed by atoms with Gasteiger partial charge in [0.25, 0.3) is 0 Å². The molecule has 1 aromatic heterocycles. The molecule has 0 aliphatic heterocycles. The van der Waals surface area contributed by atoms with Crippen LogP contribution in [0.25, 0.3) is 0 Å². The van der Waals surface area contributed by atoms with E-state index in [4.69, 9.17) is 0 Å². The molecule has 1 saturated carbocycles. The summed E-state index contributed by atoms with van der Waals surface area (Å²) >= 11 is 2.77. The Kier molecular flexibility index (Phi) is 5.58. The Labute approximate surface area is 132 Å². The van der Waals surface area contributed by atoms with Gasteiger partial charge >= 0.3 is 0 Å². The Morgan fingerprint density at radius 2 is 1.95 bits per heavy atom. The van der Waals surface area contributed by atoms with Gasteiger partial charge in [-0.25, -0.2) is 0 Å². The Balaban J connectivity index is 1.94. The topological polar surface area (TPSA) is 66.4 Å². The standard InChI is InChI=1S/C13H20N4O2S2/c1-4-16(5-2)11(19)8-20-13-15-14-12(21-13)17(9(3)18)10-6-7-10/h10H,4-8H2,1-3H3. The van der Waals surface area contributed by atoms with Gasteiger partial charge in [0.1, 0.15) is 0 Å². The maximum atomic E-state index is 11.9. The highest BCUT2D eigenvalue weighted by molar-refractivity contribution is 8.01. The molecular weight excluding hydrogens is 308 g/mol. The van der Waals surface area contributed by atoms with E-state index in [2.05, 4.69) is 10.2 Å². The maximum absolute atomic E-state index is 11.9. The lowest BCUT2D eigenvalue weighted by Gasteiger charge is -2.17. The smallest absolute Gasteiger partial charge is 0.233 e. The highest BCUT2D eigenvalue weighted by atomic mass is 32.2. The molecule has 0 N–H and O–H groups in total. The fraction of sp³-hybridized carbons (Fsp3) is 0.692. The van der Waals surface area contributed by atoms with Crippen molar-refractivity contribution in [1.29, 1.82) is 0 Å². The van der Waals surface area contributed by atoms with Crippen molar-refractivity contribution in [3.63, 3.8) is 0 Å². The number of aromatic nitrogens is 2. The molecule has 2 rings (SSSR count). The molecule has 1 aromatic rings. The molecule has 0 aromatic carbocycles. The minimum absolute atomic E-state index is 0.00409. The summed E-state index contributed by atoms with van der Waals surface area (Å²) in [6.07, 6.45) is 2.06. The Morgan fingerprint density at radius 3 is 2.48 bits per heavy atom. The van der Waals surface area contributed by atoms with Crippen LogP contribution >= 0.6 is 23.1 Å². The fourth-order valence-corrected chi connectivity index (χ4v) is 3.89. The quantitative estimate of drug-likeness (QED) is 0.566. The van der Waals surface area contributed by atoms with Gasteiger partial charge in [0, 0.05) is 26.1 Å². The Hall–Kier alpha value is -1.15. The summed E-state index contributed by atoms with van der Waals surface area (Å²) in [6, 6.07) is 0.283. The van der Waals surface area contributed by atoms with Gasteiger partial charge in [-0.15, -0.1) is 10.2 Å². The first kappa shape index (κ1) is 16.2. The molecule has 1 aliphatic rings. The van der Waals surface area contributed by atoms with Crippen LogP contribution in [0.3, 0.4) is 0 Å². The molecule has 6 nitrogen and oxygen atoms in total. The molecule has 0 atom stereocenters. The van der Waals surface area contributed by atoms with E-state index in [1.54, 1.807) is 16.7 Å². The lowest BCUT2D eigenvalue weighted by molar-refractivity contribution is -0.128. The lowest BCUT2D eigenvalue weighted by Crippen LogP contribution is -2.31. The second-order valence-corrected chi connectivity index (χ2v) is 7.00. The molecule has 1 heterocycles. The number of anilines is 1. The lowest BCUT2D eigenvalue weighted by atomic mass is 10.5. The van der Waals surface area contributed by atoms with Gasteiger partial charge in [0.05, 0.1) is 5.75 Å². The van der Waals surface area contributed by atoms with Crippen molar-refractivity contribution in [3.05, 3.63) is 0 Å². The molecule has 1 aliphatic carbocycles. The molecule has 8 heteroatoms. The third kappa shape index (κ3) is 4.16. The minimum atomic E-state index is 0.00409. The molecule has 21 heavy (non-hydrogen) atoms. The van der Waals surface area contributed by atoms with Gasteiger partial charge in [0.15, 0.2) is 4.34 Å². The number of hydrogen-bond donors (Lipinski definition) is 0. The zero-order valence-corrected chi connectivity index (χ0v) is 14.2. The van der Waals surface area contributed by atoms with Crippen LogP contribution in [0.1, 0.15) is 33.6 Å². The van der Waals surface area contributed by atoms with E-state index >= 15 is 0 Å². The highest BCUT2D eigenvalue weighted by Crippen LogP contribution is 2.35. The predicted octanol–water partition coefficient (Wildman–Crippen LogP) is 2.01. The van der Waals surface area contributed by atoms with Crippen molar-refractivity contribution >= 4 is 40.0 Å². The molecule has 0 bridgehead atoms. The van der Waals surface area contributed by atoms with Gasteiger partial charge in [-0.1, -0.05) is 23.1 Å². The van der Waals surface area contributed by atoms with Gasteiger partial charge in [0.2, 0.25) is 16.9 Å². The van der Waals surface area contributed by atoms with Crippen LogP contribution in [0, 0.1) is 0 Å². The van der Waals surface area contributed by atoms with E-state index in [9.17, 15) is 9.59 Å². The monoisotopic (exact) mass is 328 g/mol. The van der Waals surface area contributed by atoms with Crippen molar-refractivity contribution < 1.29 is 9.59 Å². The van der Waals surface area contributed by atoms with Crippen molar-refractivity contribution in [2.45, 2.75) is 44.0 Å². The molecule has 2 amide bonds. The highest BCUT2D eigenvalue weighted by Gasteiger charge is 2.34. The molecule has 0 spiro atoms. The first-order valence-corrected chi connectivity index (χ1v) is 8.90. The van der Waals surface area contributed by atoms with Gasteiger partial charge < -0.3 is 4.90 Å². The van der Waals surface area contributed by atoms with E-state index < -0.39 is 0 Å². The average molecular weight is 328 g/mol. The SMILES string of the molecule is CCN(CC)C(=O)CSc1nnc(N(C(C)=O)C2CC2)s1. The summed E-state index contributed by atoms with van der Waals surface area (Å²) in [5.74, 6) is 0.469. The Bertz CT molecular complexity index is 512. The van der Waals surface area contributed by atoms with E-state index in [0.717, 1.165) is 30.3 Å². The second kappa shape index (κ2) is 7.22. The number of rotatable bonds is 7. The van der Waals surface area contributed by atoms with Crippen LogP contribution < -0.4 is 4.90 Å². The van der Waals surface area contributed by atoms with Crippen LogP contribution in [0.2, 0.25) is 0 Å². The van der Waals surface area contributed by atoms with Gasteiger partial charge in [-0.3, -0.25) is 14.5 Å². The Morgan fingerprint density at radius 1 is 1.29 bits per heavy atom. The zero-order chi connectivity index (χ0) is 15.4. The first-order chi connectivity index (χ1) is 10.1. The number of thioether (sulfide) groups is 1. The molecule has 116 valence electrons. The molecule has 0 unspecified atom stereocenters. The fourth-order valence-electron chi connectivity index (χ4n) is 2.03. The van der Waals surface area contributed by atoms with E-state index in [0.29, 0.717) is 10.9 Å². The van der Waals surface area contributed by atoms with Gasteiger partial charge in [-0.05, 0) is 26.7 Å². The van der Waals surface area contributed by atoms with Crippen molar-refractivity contribution in [2.75, 3.05) is 23.7 Å². The summed E-state index contributed by atoms with van der Waals surface area (Å²) in [7, 11) is 0. The first-order valence-electron chi connectivity index (χ1n) is 7.10. The summed E-state index contributed by atoms with van der Waals surface area (Å²) in [5, 5.41) is 8.81. The van der Waals surface area contributed by atoms with E-state index in [1.807, 2.05) is 13.8 Å². The summed E-state index contributed by atoms with van der Waals surface area (Å²) in [6.45, 7) is 6.93. The number of nitrogens with zero attached hydrogens (tertiary/aromatic N) is 4. The van der Waals surface area contributed by atoms with Crippen molar-refractivity contribution in [1.82, 2.24) is 15.1 Å². The number of carbonyl (C=O) groups is 2. The molecule has 0 radical (unpaired) electrons. The predicted molar refractivity (Wildman–Crippen MR) is 84.7 cm³/mol. The second-order valence-electron chi connectivity index (χ2n) is 4.83. The van der Waals surface area contributed by atoms with E-state index in [1.165, 1.54) is 23.1 Å². The van der Waals surface area contributed by atoms with Gasteiger partial charge in [-0.2, -0.15) is 0 Å². The summed E-state index contributed by atoms with van der Waals surface area (Å²) in [4.78, 5) is 27.1. The third-order valence-corrected chi connectivity index (χ3v) is 5.33. The third-order valence-electron chi connectivity index (χ3n) is 3.29.